The van der Waals surface area contributed by atoms with Gasteiger partial charge in [0.25, 0.3) is 0 Å². The van der Waals surface area contributed by atoms with Crippen LogP contribution in [-0.2, 0) is 10.9 Å². The summed E-state index contributed by atoms with van der Waals surface area (Å²) in [5.74, 6) is -3.02. The van der Waals surface area contributed by atoms with Crippen molar-refractivity contribution in [1.29, 1.82) is 0 Å². The Morgan fingerprint density at radius 1 is 1.50 bits per heavy atom. The van der Waals surface area contributed by atoms with E-state index in [9.17, 15) is 18.0 Å². The Labute approximate surface area is 101 Å². The molecule has 1 unspecified atom stereocenters. The number of carbonyl (C=O) groups is 1. The summed E-state index contributed by atoms with van der Waals surface area (Å²) >= 11 is 0. The van der Waals surface area contributed by atoms with Crippen LogP contribution in [0, 0.1) is 0 Å². The van der Waals surface area contributed by atoms with Gasteiger partial charge in [-0.25, -0.2) is 14.8 Å². The van der Waals surface area contributed by atoms with Gasteiger partial charge in [0, 0.05) is 7.11 Å². The van der Waals surface area contributed by atoms with Gasteiger partial charge in [-0.2, -0.15) is 13.2 Å². The lowest BCUT2D eigenvalue weighted by Gasteiger charge is -2.14. The summed E-state index contributed by atoms with van der Waals surface area (Å²) in [6.07, 6.45) is -5.14. The fourth-order valence-electron chi connectivity index (χ4n) is 1.36. The van der Waals surface area contributed by atoms with Gasteiger partial charge in [0.2, 0.25) is 5.82 Å². The van der Waals surface area contributed by atoms with E-state index < -0.39 is 29.8 Å². The minimum absolute atomic E-state index is 0.0975. The number of methoxy groups -OCH3 is 1. The Kier molecular flexibility index (Phi) is 4.23. The fourth-order valence-corrected chi connectivity index (χ4v) is 1.36. The fraction of sp³-hybridized carbons (Fsp3) is 0.500. The molecule has 0 aliphatic carbocycles. The normalized spacial score (nSPS) is 13.4. The highest BCUT2D eigenvalue weighted by molar-refractivity contribution is 5.85. The smallest absolute Gasteiger partial charge is 0.451 e. The van der Waals surface area contributed by atoms with Crippen LogP contribution in [0.3, 0.4) is 0 Å². The third-order valence-corrected chi connectivity index (χ3v) is 2.20. The molecule has 0 aromatic carbocycles. The second-order valence-electron chi connectivity index (χ2n) is 3.44. The standard InChI is InChI=1S/C10H11F3N2O3/c1-3-7(18-2)5-4-6(8(16)17)15-9(14-5)10(11,12)13/h4,7H,3H2,1-2H3,(H,16,17). The number of alkyl halides is 3. The first-order valence-electron chi connectivity index (χ1n) is 5.01. The molecule has 0 saturated carbocycles. The van der Waals surface area contributed by atoms with Crippen LogP contribution in [0.15, 0.2) is 6.07 Å². The largest absolute Gasteiger partial charge is 0.477 e. The molecule has 18 heavy (non-hydrogen) atoms. The molecule has 0 amide bonds. The van der Waals surface area contributed by atoms with Crippen LogP contribution in [-0.4, -0.2) is 28.2 Å². The molecule has 1 rings (SSSR count). The number of aromatic nitrogens is 2. The Balaban J connectivity index is 3.35. The highest BCUT2D eigenvalue weighted by Crippen LogP contribution is 2.28. The monoisotopic (exact) mass is 264 g/mol. The lowest BCUT2D eigenvalue weighted by molar-refractivity contribution is -0.145. The van der Waals surface area contributed by atoms with Crippen molar-refractivity contribution in [2.75, 3.05) is 7.11 Å². The van der Waals surface area contributed by atoms with Crippen molar-refractivity contribution in [1.82, 2.24) is 9.97 Å². The molecule has 0 fully saturated rings. The molecule has 1 N–H and O–H groups in total. The molecule has 0 saturated heterocycles. The molecule has 0 aliphatic heterocycles. The number of ether oxygens (including phenoxy) is 1. The number of halogens is 3. The molecular weight excluding hydrogens is 253 g/mol. The van der Waals surface area contributed by atoms with E-state index in [-0.39, 0.29) is 5.69 Å². The molecule has 1 atom stereocenters. The number of nitrogens with zero attached hydrogens (tertiary/aromatic N) is 2. The Hall–Kier alpha value is -1.70. The molecule has 0 radical (unpaired) electrons. The summed E-state index contributed by atoms with van der Waals surface area (Å²) < 4.78 is 42.5. The first-order valence-corrected chi connectivity index (χ1v) is 5.01. The summed E-state index contributed by atoms with van der Waals surface area (Å²) in [5, 5.41) is 8.73. The lowest BCUT2D eigenvalue weighted by atomic mass is 10.1. The maximum atomic E-state index is 12.5. The molecule has 1 aromatic heterocycles. The van der Waals surface area contributed by atoms with Gasteiger partial charge >= 0.3 is 12.1 Å². The van der Waals surface area contributed by atoms with Gasteiger partial charge < -0.3 is 9.84 Å². The molecule has 0 aliphatic rings. The van der Waals surface area contributed by atoms with E-state index in [0.717, 1.165) is 6.07 Å². The van der Waals surface area contributed by atoms with Crippen LogP contribution < -0.4 is 0 Å². The number of hydrogen-bond donors (Lipinski definition) is 1. The van der Waals surface area contributed by atoms with Crippen molar-refractivity contribution in [2.24, 2.45) is 0 Å². The molecule has 8 heteroatoms. The Morgan fingerprint density at radius 2 is 2.11 bits per heavy atom. The SMILES string of the molecule is CCC(OC)c1cc(C(=O)O)nc(C(F)(F)F)n1. The van der Waals surface area contributed by atoms with E-state index in [2.05, 4.69) is 9.97 Å². The maximum absolute atomic E-state index is 12.5. The van der Waals surface area contributed by atoms with Gasteiger partial charge in [-0.1, -0.05) is 6.92 Å². The zero-order valence-corrected chi connectivity index (χ0v) is 9.65. The third kappa shape index (κ3) is 3.16. The van der Waals surface area contributed by atoms with Crippen molar-refractivity contribution >= 4 is 5.97 Å². The van der Waals surface area contributed by atoms with E-state index in [1.807, 2.05) is 0 Å². The van der Waals surface area contributed by atoms with Gasteiger partial charge in [-0.15, -0.1) is 0 Å². The van der Waals surface area contributed by atoms with Crippen molar-refractivity contribution in [2.45, 2.75) is 25.6 Å². The topological polar surface area (TPSA) is 72.3 Å². The maximum Gasteiger partial charge on any atom is 0.451 e. The molecule has 1 aromatic rings. The number of carboxylic acids is 1. The van der Waals surface area contributed by atoms with E-state index in [4.69, 9.17) is 9.84 Å². The first kappa shape index (κ1) is 14.4. The third-order valence-electron chi connectivity index (χ3n) is 2.20. The van der Waals surface area contributed by atoms with E-state index in [1.54, 1.807) is 6.92 Å². The van der Waals surface area contributed by atoms with Crippen LogP contribution in [0.2, 0.25) is 0 Å². The van der Waals surface area contributed by atoms with E-state index >= 15 is 0 Å². The first-order chi connectivity index (χ1) is 8.29. The van der Waals surface area contributed by atoms with Crippen molar-refractivity contribution in [3.05, 3.63) is 23.3 Å². The summed E-state index contributed by atoms with van der Waals surface area (Å²) in [7, 11) is 1.31. The van der Waals surface area contributed by atoms with Crippen LogP contribution in [0.1, 0.15) is 41.5 Å². The summed E-state index contributed by atoms with van der Waals surface area (Å²) in [5.41, 5.74) is -0.803. The molecule has 100 valence electrons. The average Bonchev–Trinajstić information content (AvgIpc) is 2.29. The highest BCUT2D eigenvalue weighted by Gasteiger charge is 2.36. The lowest BCUT2D eigenvalue weighted by Crippen LogP contribution is -2.17. The van der Waals surface area contributed by atoms with Gasteiger partial charge in [0.05, 0.1) is 11.8 Å². The molecule has 5 nitrogen and oxygen atoms in total. The molecule has 1 heterocycles. The number of aromatic carboxylic acids is 1. The van der Waals surface area contributed by atoms with Crippen LogP contribution in [0.4, 0.5) is 13.2 Å². The van der Waals surface area contributed by atoms with Gasteiger partial charge in [0.1, 0.15) is 0 Å². The quantitative estimate of drug-likeness (QED) is 0.903. The predicted octanol–water partition coefficient (Wildman–Crippen LogP) is 2.29. The van der Waals surface area contributed by atoms with Crippen LogP contribution >= 0.6 is 0 Å². The predicted molar refractivity (Wildman–Crippen MR) is 54.0 cm³/mol. The summed E-state index contributed by atoms with van der Waals surface area (Å²) in [6, 6.07) is 0.981. The molecule has 0 bridgehead atoms. The Bertz CT molecular complexity index is 444. The minimum Gasteiger partial charge on any atom is -0.477 e. The van der Waals surface area contributed by atoms with Gasteiger partial charge in [-0.05, 0) is 12.5 Å². The van der Waals surface area contributed by atoms with Crippen molar-refractivity contribution < 1.29 is 27.8 Å². The molecular formula is C10H11F3N2O3. The Morgan fingerprint density at radius 3 is 2.50 bits per heavy atom. The summed E-state index contributed by atoms with van der Waals surface area (Å²) in [6.45, 7) is 1.68. The average molecular weight is 264 g/mol. The molecule has 0 spiro atoms. The zero-order chi connectivity index (χ0) is 13.9. The van der Waals surface area contributed by atoms with Crippen molar-refractivity contribution in [3.63, 3.8) is 0 Å². The number of rotatable bonds is 4. The minimum atomic E-state index is -4.80. The highest BCUT2D eigenvalue weighted by atomic mass is 19.4. The van der Waals surface area contributed by atoms with Crippen LogP contribution in [0.5, 0.6) is 0 Å². The number of hydrogen-bond acceptors (Lipinski definition) is 4. The van der Waals surface area contributed by atoms with Crippen molar-refractivity contribution in [3.8, 4) is 0 Å². The van der Waals surface area contributed by atoms with Crippen LogP contribution in [0.25, 0.3) is 0 Å². The summed E-state index contributed by atoms with van der Waals surface area (Å²) in [4.78, 5) is 17.0. The van der Waals surface area contributed by atoms with E-state index in [1.165, 1.54) is 7.11 Å². The second-order valence-corrected chi connectivity index (χ2v) is 3.44. The van der Waals surface area contributed by atoms with E-state index in [0.29, 0.717) is 6.42 Å². The zero-order valence-electron chi connectivity index (χ0n) is 9.65. The van der Waals surface area contributed by atoms with Gasteiger partial charge in [-0.3, -0.25) is 0 Å². The number of carboxylic acid groups (broad SMARTS) is 1. The second kappa shape index (κ2) is 5.30. The van der Waals surface area contributed by atoms with Gasteiger partial charge in [0.15, 0.2) is 5.69 Å².